The standard InChI is InChI=1S/C6H6ClFN2S/c1-11-5-2-4(3-8)9-6(7)10-5/h2H,3H2,1H3. The highest BCUT2D eigenvalue weighted by Crippen LogP contribution is 2.15. The number of halogens is 2. The van der Waals surface area contributed by atoms with Crippen molar-refractivity contribution in [2.75, 3.05) is 6.26 Å². The van der Waals surface area contributed by atoms with Crippen molar-refractivity contribution >= 4 is 23.4 Å². The minimum atomic E-state index is -0.601. The Morgan fingerprint density at radius 3 is 2.91 bits per heavy atom. The summed E-state index contributed by atoms with van der Waals surface area (Å²) in [5.74, 6) is 0. The Morgan fingerprint density at radius 2 is 2.36 bits per heavy atom. The molecule has 1 aromatic rings. The van der Waals surface area contributed by atoms with E-state index in [2.05, 4.69) is 9.97 Å². The number of rotatable bonds is 2. The first-order valence-electron chi connectivity index (χ1n) is 2.89. The molecule has 0 aliphatic rings. The molecular weight excluding hydrogens is 187 g/mol. The van der Waals surface area contributed by atoms with Crippen LogP contribution in [0.1, 0.15) is 5.69 Å². The van der Waals surface area contributed by atoms with Crippen molar-refractivity contribution in [3.63, 3.8) is 0 Å². The number of alkyl halides is 1. The van der Waals surface area contributed by atoms with E-state index in [0.29, 0.717) is 10.7 Å². The number of hydrogen-bond donors (Lipinski definition) is 0. The minimum absolute atomic E-state index is 0.101. The van der Waals surface area contributed by atoms with Gasteiger partial charge in [0.05, 0.1) is 5.69 Å². The van der Waals surface area contributed by atoms with Crippen molar-refractivity contribution in [1.29, 1.82) is 0 Å². The number of thioether (sulfide) groups is 1. The second kappa shape index (κ2) is 3.88. The Kier molecular flexibility index (Phi) is 3.08. The molecule has 1 aromatic heterocycles. The molecule has 11 heavy (non-hydrogen) atoms. The SMILES string of the molecule is CSc1cc(CF)nc(Cl)n1. The van der Waals surface area contributed by atoms with Crippen LogP contribution >= 0.6 is 23.4 Å². The summed E-state index contributed by atoms with van der Waals surface area (Å²) in [5.41, 5.74) is 0.328. The Morgan fingerprint density at radius 1 is 1.64 bits per heavy atom. The number of aromatic nitrogens is 2. The maximum Gasteiger partial charge on any atom is 0.223 e. The molecule has 0 amide bonds. The summed E-state index contributed by atoms with van der Waals surface area (Å²) in [5, 5.41) is 0.794. The molecule has 0 spiro atoms. The van der Waals surface area contributed by atoms with E-state index in [4.69, 9.17) is 11.6 Å². The van der Waals surface area contributed by atoms with Crippen LogP contribution in [0.25, 0.3) is 0 Å². The van der Waals surface area contributed by atoms with E-state index in [1.807, 2.05) is 6.26 Å². The van der Waals surface area contributed by atoms with E-state index in [9.17, 15) is 4.39 Å². The quantitative estimate of drug-likeness (QED) is 0.409. The molecular formula is C6H6ClFN2S. The second-order valence-electron chi connectivity index (χ2n) is 1.80. The van der Waals surface area contributed by atoms with Crippen LogP contribution < -0.4 is 0 Å². The van der Waals surface area contributed by atoms with Crippen LogP contribution in [-0.2, 0) is 6.67 Å². The van der Waals surface area contributed by atoms with E-state index in [0.717, 1.165) is 0 Å². The average molecular weight is 193 g/mol. The Hall–Kier alpha value is -0.350. The molecule has 0 saturated carbocycles. The van der Waals surface area contributed by atoms with Gasteiger partial charge in [-0.05, 0) is 23.9 Å². The van der Waals surface area contributed by atoms with Crippen molar-refractivity contribution in [3.8, 4) is 0 Å². The van der Waals surface area contributed by atoms with Crippen molar-refractivity contribution in [1.82, 2.24) is 9.97 Å². The number of nitrogens with zero attached hydrogens (tertiary/aromatic N) is 2. The molecule has 0 saturated heterocycles. The molecule has 0 aliphatic heterocycles. The molecule has 0 aromatic carbocycles. The molecule has 5 heteroatoms. The van der Waals surface area contributed by atoms with E-state index in [1.165, 1.54) is 11.8 Å². The fourth-order valence-corrected chi connectivity index (χ4v) is 1.30. The van der Waals surface area contributed by atoms with Crippen LogP contribution in [0.4, 0.5) is 4.39 Å². The molecule has 1 rings (SSSR count). The predicted octanol–water partition coefficient (Wildman–Crippen LogP) is 2.32. The normalized spacial score (nSPS) is 10.1. The van der Waals surface area contributed by atoms with Gasteiger partial charge in [0.2, 0.25) is 5.28 Å². The Labute approximate surface area is 73.2 Å². The molecule has 0 atom stereocenters. The minimum Gasteiger partial charge on any atom is -0.244 e. The zero-order valence-corrected chi connectivity index (χ0v) is 7.42. The molecule has 0 bridgehead atoms. The first-order valence-corrected chi connectivity index (χ1v) is 4.50. The van der Waals surface area contributed by atoms with Gasteiger partial charge in [0.1, 0.15) is 11.7 Å². The van der Waals surface area contributed by atoms with E-state index in [-0.39, 0.29) is 5.28 Å². The maximum absolute atomic E-state index is 12.1. The van der Waals surface area contributed by atoms with Gasteiger partial charge in [0.25, 0.3) is 0 Å². The van der Waals surface area contributed by atoms with Crippen LogP contribution in [0.15, 0.2) is 11.1 Å². The topological polar surface area (TPSA) is 25.8 Å². The summed E-state index contributed by atoms with van der Waals surface area (Å²) in [6.45, 7) is -0.601. The monoisotopic (exact) mass is 192 g/mol. The third-order valence-corrected chi connectivity index (χ3v) is 1.87. The lowest BCUT2D eigenvalue weighted by molar-refractivity contribution is 0.474. The molecule has 60 valence electrons. The average Bonchev–Trinajstić information content (AvgIpc) is 2.03. The van der Waals surface area contributed by atoms with Gasteiger partial charge in [-0.2, -0.15) is 0 Å². The summed E-state index contributed by atoms with van der Waals surface area (Å²) in [4.78, 5) is 7.52. The molecule has 0 radical (unpaired) electrons. The first kappa shape index (κ1) is 8.74. The van der Waals surface area contributed by atoms with Gasteiger partial charge in [-0.25, -0.2) is 14.4 Å². The van der Waals surface area contributed by atoms with Gasteiger partial charge in [-0.1, -0.05) is 0 Å². The van der Waals surface area contributed by atoms with E-state index < -0.39 is 6.67 Å². The van der Waals surface area contributed by atoms with Gasteiger partial charge in [-0.15, -0.1) is 11.8 Å². The summed E-state index contributed by atoms with van der Waals surface area (Å²) < 4.78 is 12.1. The lowest BCUT2D eigenvalue weighted by Crippen LogP contribution is -1.91. The summed E-state index contributed by atoms with van der Waals surface area (Å²) in [6.07, 6.45) is 1.85. The second-order valence-corrected chi connectivity index (χ2v) is 2.97. The first-order chi connectivity index (χ1) is 5.26. The summed E-state index contributed by atoms with van der Waals surface area (Å²) >= 11 is 6.92. The van der Waals surface area contributed by atoms with Gasteiger partial charge >= 0.3 is 0 Å². The summed E-state index contributed by atoms with van der Waals surface area (Å²) in [6, 6.07) is 1.58. The number of hydrogen-bond acceptors (Lipinski definition) is 3. The molecule has 0 fully saturated rings. The fraction of sp³-hybridized carbons (Fsp3) is 0.333. The molecule has 0 unspecified atom stereocenters. The third kappa shape index (κ3) is 2.31. The fourth-order valence-electron chi connectivity index (χ4n) is 0.615. The van der Waals surface area contributed by atoms with Gasteiger partial charge in [0, 0.05) is 0 Å². The largest absolute Gasteiger partial charge is 0.244 e. The lowest BCUT2D eigenvalue weighted by Gasteiger charge is -1.97. The molecule has 0 aliphatic carbocycles. The van der Waals surface area contributed by atoms with Crippen LogP contribution in [0.5, 0.6) is 0 Å². The predicted molar refractivity (Wildman–Crippen MR) is 43.6 cm³/mol. The zero-order chi connectivity index (χ0) is 8.27. The Balaban J connectivity index is 3.02. The van der Waals surface area contributed by atoms with Crippen LogP contribution in [-0.4, -0.2) is 16.2 Å². The van der Waals surface area contributed by atoms with Crippen LogP contribution in [0.2, 0.25) is 5.28 Å². The summed E-state index contributed by atoms with van der Waals surface area (Å²) in [7, 11) is 0. The van der Waals surface area contributed by atoms with Crippen LogP contribution in [0, 0.1) is 0 Å². The van der Waals surface area contributed by atoms with E-state index >= 15 is 0 Å². The van der Waals surface area contributed by atoms with Gasteiger partial charge in [-0.3, -0.25) is 0 Å². The maximum atomic E-state index is 12.1. The highest BCUT2D eigenvalue weighted by atomic mass is 35.5. The van der Waals surface area contributed by atoms with Crippen molar-refractivity contribution in [3.05, 3.63) is 17.0 Å². The van der Waals surface area contributed by atoms with Gasteiger partial charge in [0.15, 0.2) is 0 Å². The van der Waals surface area contributed by atoms with Crippen molar-refractivity contribution in [2.45, 2.75) is 11.7 Å². The smallest absolute Gasteiger partial charge is 0.223 e. The molecule has 1 heterocycles. The zero-order valence-electron chi connectivity index (χ0n) is 5.84. The Bertz CT molecular complexity index is 234. The highest BCUT2D eigenvalue weighted by molar-refractivity contribution is 7.98. The van der Waals surface area contributed by atoms with Gasteiger partial charge < -0.3 is 0 Å². The third-order valence-electron chi connectivity index (χ3n) is 1.07. The van der Waals surface area contributed by atoms with Crippen molar-refractivity contribution in [2.24, 2.45) is 0 Å². The van der Waals surface area contributed by atoms with Crippen LogP contribution in [0.3, 0.4) is 0 Å². The van der Waals surface area contributed by atoms with Crippen molar-refractivity contribution < 1.29 is 4.39 Å². The highest BCUT2D eigenvalue weighted by Gasteiger charge is 2.00. The van der Waals surface area contributed by atoms with E-state index in [1.54, 1.807) is 6.07 Å². The molecule has 2 nitrogen and oxygen atoms in total. The lowest BCUT2D eigenvalue weighted by atomic mass is 10.4. The molecule has 0 N–H and O–H groups in total.